The molecule has 0 saturated heterocycles. The van der Waals surface area contributed by atoms with Crippen molar-refractivity contribution in [1.82, 2.24) is 4.98 Å². The minimum absolute atomic E-state index is 0.0543. The summed E-state index contributed by atoms with van der Waals surface area (Å²) in [6, 6.07) is 8.19. The van der Waals surface area contributed by atoms with E-state index in [1.807, 2.05) is 13.0 Å². The third kappa shape index (κ3) is 4.53. The Balaban J connectivity index is 1.67. The van der Waals surface area contributed by atoms with Crippen LogP contribution in [-0.2, 0) is 4.79 Å². The number of thiazole rings is 1. The van der Waals surface area contributed by atoms with E-state index in [9.17, 15) is 18.4 Å². The maximum Gasteiger partial charge on any atom is 0.250 e. The molecule has 0 bridgehead atoms. The molecule has 27 heavy (non-hydrogen) atoms. The van der Waals surface area contributed by atoms with E-state index in [-0.39, 0.29) is 5.56 Å². The molecule has 1 amide bonds. The maximum absolute atomic E-state index is 13.2. The van der Waals surface area contributed by atoms with Gasteiger partial charge in [0, 0.05) is 11.6 Å². The predicted octanol–water partition coefficient (Wildman–Crippen LogP) is 4.35. The minimum Gasteiger partial charge on any atom is -0.494 e. The van der Waals surface area contributed by atoms with Crippen molar-refractivity contribution in [3.8, 4) is 5.75 Å². The quantitative estimate of drug-likeness (QED) is 0.504. The highest BCUT2D eigenvalue weighted by Crippen LogP contribution is 2.29. The Morgan fingerprint density at radius 1 is 1.15 bits per heavy atom. The van der Waals surface area contributed by atoms with Crippen molar-refractivity contribution in [1.29, 1.82) is 0 Å². The lowest BCUT2D eigenvalue weighted by Gasteiger charge is -2.00. The standard InChI is InChI=1S/C19H14F2N2O3S/c1-2-26-12-4-6-15-17(10-12)27-19(22-15)23-18(25)8-7-16(24)11-3-5-13(20)14(21)9-11/h3-10H,2H2,1H3,(H,22,23,25)/b8-7+. The molecule has 1 N–H and O–H groups in total. The van der Waals surface area contributed by atoms with Crippen LogP contribution in [0.4, 0.5) is 13.9 Å². The van der Waals surface area contributed by atoms with Crippen LogP contribution in [0.2, 0.25) is 0 Å². The van der Waals surface area contributed by atoms with Gasteiger partial charge in [-0.25, -0.2) is 13.8 Å². The van der Waals surface area contributed by atoms with Gasteiger partial charge in [0.2, 0.25) is 5.91 Å². The first-order valence-corrected chi connectivity index (χ1v) is 8.79. The summed E-state index contributed by atoms with van der Waals surface area (Å²) in [7, 11) is 0. The van der Waals surface area contributed by atoms with Crippen LogP contribution < -0.4 is 10.1 Å². The van der Waals surface area contributed by atoms with E-state index < -0.39 is 23.3 Å². The van der Waals surface area contributed by atoms with Gasteiger partial charge in [-0.1, -0.05) is 11.3 Å². The molecule has 0 unspecified atom stereocenters. The topological polar surface area (TPSA) is 68.3 Å². The van der Waals surface area contributed by atoms with E-state index >= 15 is 0 Å². The van der Waals surface area contributed by atoms with E-state index in [1.165, 1.54) is 11.3 Å². The predicted molar refractivity (Wildman–Crippen MR) is 99.2 cm³/mol. The zero-order chi connectivity index (χ0) is 19.4. The number of nitrogens with zero attached hydrogens (tertiary/aromatic N) is 1. The highest BCUT2D eigenvalue weighted by atomic mass is 32.1. The fourth-order valence-corrected chi connectivity index (χ4v) is 3.16. The van der Waals surface area contributed by atoms with Crippen LogP contribution in [-0.4, -0.2) is 23.3 Å². The zero-order valence-corrected chi connectivity index (χ0v) is 15.0. The molecule has 8 heteroatoms. The van der Waals surface area contributed by atoms with Crippen molar-refractivity contribution in [2.75, 3.05) is 11.9 Å². The number of carbonyl (C=O) groups is 2. The van der Waals surface area contributed by atoms with E-state index in [0.29, 0.717) is 23.0 Å². The molecule has 5 nitrogen and oxygen atoms in total. The van der Waals surface area contributed by atoms with Gasteiger partial charge < -0.3 is 4.74 Å². The molecular formula is C19H14F2N2O3S. The molecule has 0 saturated carbocycles. The van der Waals surface area contributed by atoms with Gasteiger partial charge >= 0.3 is 0 Å². The van der Waals surface area contributed by atoms with Crippen LogP contribution in [0.3, 0.4) is 0 Å². The number of anilines is 1. The number of aromatic nitrogens is 1. The second-order valence-corrected chi connectivity index (χ2v) is 6.43. The molecule has 0 aliphatic carbocycles. The average Bonchev–Trinajstić information content (AvgIpc) is 3.03. The number of hydrogen-bond donors (Lipinski definition) is 1. The molecule has 0 aliphatic heterocycles. The van der Waals surface area contributed by atoms with Crippen LogP contribution in [0.15, 0.2) is 48.6 Å². The number of hydrogen-bond acceptors (Lipinski definition) is 5. The van der Waals surface area contributed by atoms with Crippen LogP contribution in [0.5, 0.6) is 5.75 Å². The fraction of sp³-hybridized carbons (Fsp3) is 0.105. The van der Waals surface area contributed by atoms with E-state index in [2.05, 4.69) is 10.3 Å². The summed E-state index contributed by atoms with van der Waals surface area (Å²) >= 11 is 1.27. The molecular weight excluding hydrogens is 374 g/mol. The monoisotopic (exact) mass is 388 g/mol. The Hall–Kier alpha value is -3.13. The lowest BCUT2D eigenvalue weighted by atomic mass is 10.1. The molecule has 0 fully saturated rings. The number of ether oxygens (including phenoxy) is 1. The van der Waals surface area contributed by atoms with Gasteiger partial charge in [0.25, 0.3) is 0 Å². The molecule has 3 rings (SSSR count). The van der Waals surface area contributed by atoms with Crippen molar-refractivity contribution < 1.29 is 23.1 Å². The molecule has 1 aromatic heterocycles. The van der Waals surface area contributed by atoms with Gasteiger partial charge in [-0.3, -0.25) is 14.9 Å². The normalized spacial score (nSPS) is 11.1. The van der Waals surface area contributed by atoms with E-state index in [0.717, 1.165) is 35.1 Å². The molecule has 1 heterocycles. The first-order chi connectivity index (χ1) is 13.0. The molecule has 138 valence electrons. The summed E-state index contributed by atoms with van der Waals surface area (Å²) in [5.41, 5.74) is 0.655. The Labute approximate surface area is 157 Å². The van der Waals surface area contributed by atoms with Crippen LogP contribution >= 0.6 is 11.3 Å². The first-order valence-electron chi connectivity index (χ1n) is 7.98. The van der Waals surface area contributed by atoms with Gasteiger partial charge in [0.05, 0.1) is 16.8 Å². The number of amides is 1. The molecule has 0 aliphatic rings. The maximum atomic E-state index is 13.2. The van der Waals surface area contributed by atoms with Crippen molar-refractivity contribution in [3.05, 3.63) is 65.7 Å². The second kappa shape index (κ2) is 8.05. The first kappa shape index (κ1) is 18.7. The van der Waals surface area contributed by atoms with Crippen LogP contribution in [0, 0.1) is 11.6 Å². The number of nitrogens with one attached hydrogen (secondary N) is 1. The summed E-state index contributed by atoms with van der Waals surface area (Å²) in [4.78, 5) is 28.2. The van der Waals surface area contributed by atoms with Crippen LogP contribution in [0.1, 0.15) is 17.3 Å². The Bertz CT molecular complexity index is 1050. The van der Waals surface area contributed by atoms with Crippen molar-refractivity contribution in [2.24, 2.45) is 0 Å². The summed E-state index contributed by atoms with van der Waals surface area (Å²) in [5, 5.41) is 2.93. The van der Waals surface area contributed by atoms with Gasteiger partial charge in [-0.15, -0.1) is 0 Å². The summed E-state index contributed by atoms with van der Waals surface area (Å²) < 4.78 is 32.3. The Kier molecular flexibility index (Phi) is 5.56. The van der Waals surface area contributed by atoms with Gasteiger partial charge in [0.1, 0.15) is 5.75 Å². The Morgan fingerprint density at radius 2 is 1.96 bits per heavy atom. The second-order valence-electron chi connectivity index (χ2n) is 5.40. The summed E-state index contributed by atoms with van der Waals surface area (Å²) in [5.74, 6) is -2.63. The molecule has 2 aromatic carbocycles. The molecule has 3 aromatic rings. The smallest absolute Gasteiger partial charge is 0.250 e. The van der Waals surface area contributed by atoms with Crippen LogP contribution in [0.25, 0.3) is 10.2 Å². The van der Waals surface area contributed by atoms with Gasteiger partial charge in [-0.2, -0.15) is 0 Å². The zero-order valence-electron chi connectivity index (χ0n) is 14.2. The van der Waals surface area contributed by atoms with Gasteiger partial charge in [-0.05, 0) is 49.4 Å². The number of allylic oxidation sites excluding steroid dienone is 1. The number of ketones is 1. The number of benzene rings is 2. The third-order valence-corrected chi connectivity index (χ3v) is 4.42. The number of halogens is 2. The minimum atomic E-state index is -1.13. The lowest BCUT2D eigenvalue weighted by Crippen LogP contribution is -2.08. The average molecular weight is 388 g/mol. The van der Waals surface area contributed by atoms with Gasteiger partial charge in [0.15, 0.2) is 22.5 Å². The lowest BCUT2D eigenvalue weighted by molar-refractivity contribution is -0.111. The molecule has 0 atom stereocenters. The van der Waals surface area contributed by atoms with E-state index in [4.69, 9.17) is 4.74 Å². The fourth-order valence-electron chi connectivity index (χ4n) is 2.26. The Morgan fingerprint density at radius 3 is 2.70 bits per heavy atom. The number of rotatable bonds is 6. The number of carbonyl (C=O) groups excluding carboxylic acids is 2. The molecule has 0 spiro atoms. The highest BCUT2D eigenvalue weighted by molar-refractivity contribution is 7.22. The summed E-state index contributed by atoms with van der Waals surface area (Å²) in [6.07, 6.45) is 2.00. The largest absolute Gasteiger partial charge is 0.494 e. The number of fused-ring (bicyclic) bond motifs is 1. The van der Waals surface area contributed by atoms with Crippen molar-refractivity contribution in [3.63, 3.8) is 0 Å². The molecule has 0 radical (unpaired) electrons. The van der Waals surface area contributed by atoms with E-state index in [1.54, 1.807) is 12.1 Å². The SMILES string of the molecule is CCOc1ccc2nc(NC(=O)/C=C/C(=O)c3ccc(F)c(F)c3)sc2c1. The summed E-state index contributed by atoms with van der Waals surface area (Å²) in [6.45, 7) is 2.43. The third-order valence-electron chi connectivity index (χ3n) is 3.49. The van der Waals surface area contributed by atoms with Crippen molar-refractivity contribution in [2.45, 2.75) is 6.92 Å². The van der Waals surface area contributed by atoms with Crippen molar-refractivity contribution >= 4 is 38.4 Å². The highest BCUT2D eigenvalue weighted by Gasteiger charge is 2.10.